The predicted molar refractivity (Wildman–Crippen MR) is 248 cm³/mol. The molecule has 0 saturated carbocycles. The summed E-state index contributed by atoms with van der Waals surface area (Å²) in [5.41, 5.74) is 12.8. The van der Waals surface area contributed by atoms with Crippen molar-refractivity contribution in [3.8, 4) is 22.5 Å². The third-order valence-electron chi connectivity index (χ3n) is 11.7. The zero-order valence-electron chi connectivity index (χ0n) is 31.5. The average molecular weight is 758 g/mol. The van der Waals surface area contributed by atoms with Crippen LogP contribution >= 0.6 is 11.3 Å². The van der Waals surface area contributed by atoms with Crippen LogP contribution in [0.25, 0.3) is 86.3 Å². The van der Waals surface area contributed by atoms with Crippen LogP contribution in [-0.4, -0.2) is 9.13 Å². The summed E-state index contributed by atoms with van der Waals surface area (Å²) in [4.78, 5) is 2.51. The quantitative estimate of drug-likeness (QED) is 0.165. The van der Waals surface area contributed by atoms with E-state index in [1.165, 1.54) is 69.3 Å². The van der Waals surface area contributed by atoms with Gasteiger partial charge in [0.05, 0.1) is 33.4 Å². The van der Waals surface area contributed by atoms with E-state index in [4.69, 9.17) is 0 Å². The monoisotopic (exact) mass is 757 g/mol. The number of rotatable bonds is 6. The topological polar surface area (TPSA) is 13.1 Å². The molecule has 0 unspecified atom stereocenters. The summed E-state index contributed by atoms with van der Waals surface area (Å²) in [5, 5.41) is 7.48. The highest BCUT2D eigenvalue weighted by molar-refractivity contribution is 7.26. The number of fused-ring (bicyclic) bond motifs is 9. The second-order valence-corrected chi connectivity index (χ2v) is 16.0. The molecule has 0 aliphatic carbocycles. The Kier molecular flexibility index (Phi) is 7.40. The molecule has 58 heavy (non-hydrogen) atoms. The van der Waals surface area contributed by atoms with Crippen LogP contribution in [0.3, 0.4) is 0 Å². The highest BCUT2D eigenvalue weighted by Gasteiger charge is 2.25. The number of benzene rings is 9. The Balaban J connectivity index is 1.18. The van der Waals surface area contributed by atoms with Crippen molar-refractivity contribution in [1.29, 1.82) is 0 Å². The molecular formula is C54H35N3S. The molecule has 0 aliphatic heterocycles. The van der Waals surface area contributed by atoms with Crippen molar-refractivity contribution in [2.75, 3.05) is 4.90 Å². The first-order valence-corrected chi connectivity index (χ1v) is 20.6. The Morgan fingerprint density at radius 3 is 1.60 bits per heavy atom. The van der Waals surface area contributed by atoms with Gasteiger partial charge >= 0.3 is 0 Å². The molecule has 3 heterocycles. The number of aromatic nitrogens is 2. The molecule has 0 bridgehead atoms. The first-order valence-electron chi connectivity index (χ1n) is 19.8. The van der Waals surface area contributed by atoms with Gasteiger partial charge in [0.1, 0.15) is 0 Å². The molecule has 3 nitrogen and oxygen atoms in total. The predicted octanol–water partition coefficient (Wildman–Crippen LogP) is 15.4. The van der Waals surface area contributed by atoms with Crippen molar-refractivity contribution < 1.29 is 0 Å². The van der Waals surface area contributed by atoms with Crippen LogP contribution in [0.5, 0.6) is 0 Å². The van der Waals surface area contributed by atoms with Crippen molar-refractivity contribution in [2.45, 2.75) is 0 Å². The fourth-order valence-corrected chi connectivity index (χ4v) is 10.4. The SMILES string of the molecule is c1ccc(-n2c3ccccc3c3cccc(-c4cccc(N(c5cccc6sc7ccccc7c56)c5cccc6c7ccccc7n(-c7ccccc7)c56)c4)c32)cc1. The van der Waals surface area contributed by atoms with Crippen molar-refractivity contribution in [1.82, 2.24) is 9.13 Å². The lowest BCUT2D eigenvalue weighted by Crippen LogP contribution is -2.12. The van der Waals surface area contributed by atoms with Gasteiger partial charge in [0.25, 0.3) is 0 Å². The number of hydrogen-bond acceptors (Lipinski definition) is 2. The van der Waals surface area contributed by atoms with E-state index >= 15 is 0 Å². The molecule has 9 aromatic carbocycles. The Hall–Kier alpha value is -7.40. The van der Waals surface area contributed by atoms with Gasteiger partial charge in [-0.05, 0) is 78.4 Å². The van der Waals surface area contributed by atoms with Crippen LogP contribution in [0.1, 0.15) is 0 Å². The molecule has 0 aliphatic rings. The van der Waals surface area contributed by atoms with Gasteiger partial charge < -0.3 is 14.0 Å². The number of thiophene rings is 1. The minimum atomic E-state index is 1.09. The summed E-state index contributed by atoms with van der Waals surface area (Å²) >= 11 is 1.86. The van der Waals surface area contributed by atoms with E-state index in [1.807, 2.05) is 11.3 Å². The zero-order valence-corrected chi connectivity index (χ0v) is 32.3. The number of hydrogen-bond donors (Lipinski definition) is 0. The molecule has 4 heteroatoms. The van der Waals surface area contributed by atoms with Crippen molar-refractivity contribution in [3.63, 3.8) is 0 Å². The Morgan fingerprint density at radius 2 is 0.879 bits per heavy atom. The maximum atomic E-state index is 2.51. The number of anilines is 3. The molecule has 3 aromatic heterocycles. The molecule has 0 N–H and O–H groups in total. The van der Waals surface area contributed by atoms with Crippen molar-refractivity contribution >= 4 is 92.2 Å². The van der Waals surface area contributed by atoms with E-state index in [0.717, 1.165) is 34.0 Å². The van der Waals surface area contributed by atoms with E-state index in [9.17, 15) is 0 Å². The van der Waals surface area contributed by atoms with E-state index in [-0.39, 0.29) is 0 Å². The third kappa shape index (κ3) is 4.92. The Bertz CT molecular complexity index is 3520. The standard InChI is InChI=1S/C54H35N3S/c1-3-18-37(19-4-1)56-46-29-10-7-23-41(46)43-27-14-26-40(53(43)56)36-17-13-22-39(35-36)55(48-31-16-34-51-52(48)45-25-9-12-33-50(45)58-51)49-32-15-28-44-42-24-8-11-30-47(42)57(54(44)49)38-20-5-2-6-21-38/h1-35H. The maximum absolute atomic E-state index is 2.51. The van der Waals surface area contributed by atoms with Crippen LogP contribution < -0.4 is 4.90 Å². The van der Waals surface area contributed by atoms with E-state index in [1.54, 1.807) is 0 Å². The number of nitrogens with zero attached hydrogens (tertiary/aromatic N) is 3. The summed E-state index contributed by atoms with van der Waals surface area (Å²) in [5.74, 6) is 0. The van der Waals surface area contributed by atoms with Crippen molar-refractivity contribution in [2.24, 2.45) is 0 Å². The molecule has 0 fully saturated rings. The normalized spacial score (nSPS) is 11.8. The summed E-state index contributed by atoms with van der Waals surface area (Å²) in [6, 6.07) is 77.5. The summed E-state index contributed by atoms with van der Waals surface area (Å²) in [6.07, 6.45) is 0. The summed E-state index contributed by atoms with van der Waals surface area (Å²) < 4.78 is 7.44. The van der Waals surface area contributed by atoms with E-state index in [2.05, 4.69) is 226 Å². The van der Waals surface area contributed by atoms with E-state index < -0.39 is 0 Å². The molecule has 272 valence electrons. The first-order chi connectivity index (χ1) is 28.8. The highest BCUT2D eigenvalue weighted by Crippen LogP contribution is 2.49. The fourth-order valence-electron chi connectivity index (χ4n) is 9.29. The lowest BCUT2D eigenvalue weighted by atomic mass is 10.00. The minimum absolute atomic E-state index is 1.09. The lowest BCUT2D eigenvalue weighted by molar-refractivity contribution is 1.17. The Morgan fingerprint density at radius 1 is 0.362 bits per heavy atom. The van der Waals surface area contributed by atoms with Gasteiger partial charge in [0.2, 0.25) is 0 Å². The first kappa shape index (κ1) is 32.8. The van der Waals surface area contributed by atoms with Gasteiger partial charge in [-0.3, -0.25) is 0 Å². The fraction of sp³-hybridized carbons (Fsp3) is 0. The molecule has 0 atom stereocenters. The molecule has 0 amide bonds. The second kappa shape index (κ2) is 13.1. The highest BCUT2D eigenvalue weighted by atomic mass is 32.1. The van der Waals surface area contributed by atoms with Crippen LogP contribution in [0.4, 0.5) is 17.1 Å². The van der Waals surface area contributed by atoms with Gasteiger partial charge in [0.15, 0.2) is 0 Å². The average Bonchev–Trinajstić information content (AvgIpc) is 3.96. The second-order valence-electron chi connectivity index (χ2n) is 14.9. The third-order valence-corrected chi connectivity index (χ3v) is 12.8. The van der Waals surface area contributed by atoms with Crippen LogP contribution in [0.2, 0.25) is 0 Å². The number of para-hydroxylation sites is 6. The molecule has 0 spiro atoms. The van der Waals surface area contributed by atoms with Gasteiger partial charge in [-0.25, -0.2) is 0 Å². The Labute approximate surface area is 339 Å². The van der Waals surface area contributed by atoms with Crippen LogP contribution in [0.15, 0.2) is 212 Å². The minimum Gasteiger partial charge on any atom is -0.309 e. The van der Waals surface area contributed by atoms with Gasteiger partial charge in [-0.1, -0.05) is 140 Å². The van der Waals surface area contributed by atoms with Crippen LogP contribution in [-0.2, 0) is 0 Å². The molecule has 12 rings (SSSR count). The summed E-state index contributed by atoms with van der Waals surface area (Å²) in [6.45, 7) is 0. The van der Waals surface area contributed by atoms with E-state index in [0.29, 0.717) is 0 Å². The molecule has 0 saturated heterocycles. The molecule has 0 radical (unpaired) electrons. The molecular weight excluding hydrogens is 723 g/mol. The van der Waals surface area contributed by atoms with Crippen LogP contribution in [0, 0.1) is 0 Å². The zero-order chi connectivity index (χ0) is 38.2. The molecule has 12 aromatic rings. The smallest absolute Gasteiger partial charge is 0.0782 e. The van der Waals surface area contributed by atoms with Crippen molar-refractivity contribution in [3.05, 3.63) is 212 Å². The van der Waals surface area contributed by atoms with Gasteiger partial charge in [-0.15, -0.1) is 11.3 Å². The maximum Gasteiger partial charge on any atom is 0.0782 e. The lowest BCUT2D eigenvalue weighted by Gasteiger charge is -2.28. The van der Waals surface area contributed by atoms with Gasteiger partial charge in [-0.2, -0.15) is 0 Å². The largest absolute Gasteiger partial charge is 0.309 e. The summed E-state index contributed by atoms with van der Waals surface area (Å²) in [7, 11) is 0. The van der Waals surface area contributed by atoms with Gasteiger partial charge in [0, 0.05) is 64.3 Å².